The molecule has 0 saturated heterocycles. The van der Waals surface area contributed by atoms with Gasteiger partial charge in [-0.15, -0.1) is 0 Å². The quantitative estimate of drug-likeness (QED) is 0.811. The van der Waals surface area contributed by atoms with Gasteiger partial charge in [-0.2, -0.15) is 0 Å². The highest BCUT2D eigenvalue weighted by Gasteiger charge is 2.20. The van der Waals surface area contributed by atoms with Gasteiger partial charge in [-0.25, -0.2) is 22.9 Å². The van der Waals surface area contributed by atoms with E-state index in [1.807, 2.05) is 0 Å². The molecule has 112 valence electrons. The summed E-state index contributed by atoms with van der Waals surface area (Å²) in [6.07, 6.45) is 1.48. The molecular weight excluding hydrogens is 300 g/mol. The molecule has 0 bridgehead atoms. The van der Waals surface area contributed by atoms with Gasteiger partial charge in [-0.3, -0.25) is 0 Å². The van der Waals surface area contributed by atoms with E-state index < -0.39 is 26.8 Å². The summed E-state index contributed by atoms with van der Waals surface area (Å²) in [6.45, 7) is -0.00961. The Hall–Kier alpha value is -2.39. The number of hydrogen-bond acceptors (Lipinski definition) is 6. The van der Waals surface area contributed by atoms with Crippen LogP contribution in [0.3, 0.4) is 0 Å². The minimum atomic E-state index is -3.93. The summed E-state index contributed by atoms with van der Waals surface area (Å²) in [7, 11) is -2.48. The van der Waals surface area contributed by atoms with Crippen LogP contribution in [-0.4, -0.2) is 31.6 Å². The normalized spacial score (nSPS) is 11.3. The molecule has 0 aliphatic rings. The molecule has 2 aromatic rings. The summed E-state index contributed by atoms with van der Waals surface area (Å²) in [4.78, 5) is 14.6. The minimum Gasteiger partial charge on any atom is -0.481 e. The molecule has 0 amide bonds. The number of carboxylic acids is 1. The second kappa shape index (κ2) is 5.94. The van der Waals surface area contributed by atoms with Crippen LogP contribution in [-0.2, 0) is 16.6 Å². The number of ether oxygens (including phenoxy) is 1. The van der Waals surface area contributed by atoms with Crippen molar-refractivity contribution in [1.29, 1.82) is 0 Å². The van der Waals surface area contributed by atoms with Crippen LogP contribution in [0, 0.1) is 0 Å². The molecule has 0 aromatic carbocycles. The maximum atomic E-state index is 12.0. The van der Waals surface area contributed by atoms with Gasteiger partial charge >= 0.3 is 5.97 Å². The lowest BCUT2D eigenvalue weighted by molar-refractivity contribution is 0.0656. The van der Waals surface area contributed by atoms with Gasteiger partial charge < -0.3 is 14.3 Å². The molecule has 0 atom stereocenters. The number of carboxylic acid groups (broad SMARTS) is 1. The second-order valence-corrected chi connectivity index (χ2v) is 5.65. The highest BCUT2D eigenvalue weighted by Crippen LogP contribution is 2.15. The molecule has 2 aromatic heterocycles. The molecule has 2 N–H and O–H groups in total. The zero-order valence-electron chi connectivity index (χ0n) is 10.9. The number of sulfonamides is 1. The van der Waals surface area contributed by atoms with E-state index in [4.69, 9.17) is 14.3 Å². The zero-order chi connectivity index (χ0) is 15.5. The molecule has 0 radical (unpaired) electrons. The number of aromatic carboxylic acids is 1. The highest BCUT2D eigenvalue weighted by atomic mass is 32.2. The first kappa shape index (κ1) is 15.0. The summed E-state index contributed by atoms with van der Waals surface area (Å²) in [6, 6.07) is 5.36. The number of methoxy groups -OCH3 is 1. The molecule has 0 fully saturated rings. The van der Waals surface area contributed by atoms with Crippen LogP contribution in [0.1, 0.15) is 16.1 Å². The van der Waals surface area contributed by atoms with Crippen LogP contribution in [0.25, 0.3) is 0 Å². The van der Waals surface area contributed by atoms with Crippen molar-refractivity contribution in [2.75, 3.05) is 7.11 Å². The third kappa shape index (κ3) is 3.58. The van der Waals surface area contributed by atoms with Gasteiger partial charge in [0.1, 0.15) is 0 Å². The van der Waals surface area contributed by atoms with Gasteiger partial charge in [0.2, 0.25) is 16.7 Å². The van der Waals surface area contributed by atoms with Crippen molar-refractivity contribution in [3.8, 4) is 5.88 Å². The summed E-state index contributed by atoms with van der Waals surface area (Å²) >= 11 is 0. The monoisotopic (exact) mass is 312 g/mol. The van der Waals surface area contributed by atoms with Crippen LogP contribution in [0.5, 0.6) is 5.88 Å². The number of nitrogens with zero attached hydrogens (tertiary/aromatic N) is 1. The summed E-state index contributed by atoms with van der Waals surface area (Å²) in [5, 5.41) is 8.24. The first-order valence-electron chi connectivity index (χ1n) is 5.74. The summed E-state index contributed by atoms with van der Waals surface area (Å²) in [5.41, 5.74) is 0.635. The van der Waals surface area contributed by atoms with E-state index in [0.29, 0.717) is 11.4 Å². The molecule has 0 saturated carbocycles. The van der Waals surface area contributed by atoms with Crippen molar-refractivity contribution in [2.24, 2.45) is 0 Å². The minimum absolute atomic E-state index is 0.00961. The lowest BCUT2D eigenvalue weighted by atomic mass is 10.3. The van der Waals surface area contributed by atoms with E-state index >= 15 is 0 Å². The van der Waals surface area contributed by atoms with Crippen LogP contribution in [0.15, 0.2) is 40.0 Å². The fourth-order valence-corrected chi connectivity index (χ4v) is 2.45. The van der Waals surface area contributed by atoms with E-state index in [2.05, 4.69) is 9.71 Å². The van der Waals surface area contributed by atoms with Crippen molar-refractivity contribution in [2.45, 2.75) is 11.6 Å². The van der Waals surface area contributed by atoms with Gasteiger partial charge in [0, 0.05) is 18.8 Å². The SMILES string of the molecule is COc1cc(CNS(=O)(=O)c2ccc(C(=O)O)o2)ccn1. The average molecular weight is 312 g/mol. The first-order valence-corrected chi connectivity index (χ1v) is 7.22. The molecule has 0 aliphatic carbocycles. The number of carbonyl (C=O) groups is 1. The van der Waals surface area contributed by atoms with Crippen molar-refractivity contribution < 1.29 is 27.5 Å². The smallest absolute Gasteiger partial charge is 0.371 e. The van der Waals surface area contributed by atoms with E-state index in [1.54, 1.807) is 12.1 Å². The van der Waals surface area contributed by atoms with Crippen molar-refractivity contribution in [3.05, 3.63) is 41.8 Å². The third-order valence-corrected chi connectivity index (χ3v) is 3.81. The second-order valence-electron chi connectivity index (χ2n) is 3.95. The largest absolute Gasteiger partial charge is 0.481 e. The molecule has 0 spiro atoms. The van der Waals surface area contributed by atoms with Crippen LogP contribution in [0.2, 0.25) is 0 Å². The Morgan fingerprint density at radius 2 is 2.19 bits per heavy atom. The zero-order valence-corrected chi connectivity index (χ0v) is 11.8. The van der Waals surface area contributed by atoms with E-state index in [0.717, 1.165) is 12.1 Å². The van der Waals surface area contributed by atoms with Gasteiger partial charge in [0.25, 0.3) is 10.0 Å². The Kier molecular flexibility index (Phi) is 4.24. The summed E-state index contributed by atoms with van der Waals surface area (Å²) < 4.78 is 35.9. The van der Waals surface area contributed by atoms with Gasteiger partial charge in [0.05, 0.1) is 7.11 Å². The highest BCUT2D eigenvalue weighted by molar-refractivity contribution is 7.89. The fourth-order valence-electron chi connectivity index (χ4n) is 1.50. The van der Waals surface area contributed by atoms with Crippen LogP contribution < -0.4 is 9.46 Å². The van der Waals surface area contributed by atoms with Crippen molar-refractivity contribution in [1.82, 2.24) is 9.71 Å². The number of rotatable bonds is 6. The maximum absolute atomic E-state index is 12.0. The molecule has 21 heavy (non-hydrogen) atoms. The van der Waals surface area contributed by atoms with Gasteiger partial charge in [0.15, 0.2) is 0 Å². The van der Waals surface area contributed by atoms with E-state index in [1.165, 1.54) is 13.3 Å². The molecule has 9 heteroatoms. The molecule has 0 aliphatic heterocycles. The van der Waals surface area contributed by atoms with E-state index in [-0.39, 0.29) is 6.54 Å². The number of hydrogen-bond donors (Lipinski definition) is 2. The number of nitrogens with one attached hydrogen (secondary N) is 1. The summed E-state index contributed by atoms with van der Waals surface area (Å²) in [5.74, 6) is -1.42. The number of furan rings is 1. The Morgan fingerprint density at radius 1 is 1.43 bits per heavy atom. The number of aromatic nitrogens is 1. The maximum Gasteiger partial charge on any atom is 0.371 e. The molecule has 2 heterocycles. The van der Waals surface area contributed by atoms with Crippen molar-refractivity contribution >= 4 is 16.0 Å². The van der Waals surface area contributed by atoms with Crippen LogP contribution >= 0.6 is 0 Å². The molecule has 2 rings (SSSR count). The van der Waals surface area contributed by atoms with E-state index in [9.17, 15) is 13.2 Å². The molecule has 0 unspecified atom stereocenters. The van der Waals surface area contributed by atoms with Gasteiger partial charge in [-0.1, -0.05) is 0 Å². The Morgan fingerprint density at radius 3 is 2.81 bits per heavy atom. The Bertz CT molecular complexity index is 753. The van der Waals surface area contributed by atoms with Crippen LogP contribution in [0.4, 0.5) is 0 Å². The topological polar surface area (TPSA) is 119 Å². The first-order chi connectivity index (χ1) is 9.92. The number of pyridine rings is 1. The molecule has 8 nitrogen and oxygen atoms in total. The molecular formula is C12H12N2O6S. The van der Waals surface area contributed by atoms with Gasteiger partial charge in [-0.05, 0) is 23.8 Å². The average Bonchev–Trinajstić information content (AvgIpc) is 2.96. The predicted octanol–water partition coefficient (Wildman–Crippen LogP) is 0.860. The Balaban J connectivity index is 2.11. The third-order valence-electron chi connectivity index (χ3n) is 2.53. The fraction of sp³-hybridized carbons (Fsp3) is 0.167. The predicted molar refractivity (Wildman–Crippen MR) is 70.5 cm³/mol. The lowest BCUT2D eigenvalue weighted by Gasteiger charge is -2.05. The van der Waals surface area contributed by atoms with Crippen molar-refractivity contribution in [3.63, 3.8) is 0 Å². The standard InChI is InChI=1S/C12H12N2O6S/c1-19-10-6-8(4-5-13-10)7-14-21(17,18)11-3-2-9(20-11)12(15)16/h2-6,14H,7H2,1H3,(H,15,16). The Labute approximate surface area is 120 Å². The lowest BCUT2D eigenvalue weighted by Crippen LogP contribution is -2.22.